The summed E-state index contributed by atoms with van der Waals surface area (Å²) in [4.78, 5) is 15.6. The molecule has 0 bridgehead atoms. The van der Waals surface area contributed by atoms with Gasteiger partial charge in [-0.15, -0.1) is 0 Å². The quantitative estimate of drug-likeness (QED) is 0.168. The SMILES string of the molecule is c1ccc(-c2ccc(-c3nc4cc(-c5ccc(-c6ccc7ccc8ccc(-c9ccccc9)nc8c7n6)cc5)ccc4c4oc5ccccc5c34)cc2)cc1. The lowest BCUT2D eigenvalue weighted by molar-refractivity contribution is 0.672. The monoisotopic (exact) mass is 701 g/mol. The van der Waals surface area contributed by atoms with Crippen LogP contribution in [0.2, 0.25) is 0 Å². The highest BCUT2D eigenvalue weighted by atomic mass is 16.3. The highest BCUT2D eigenvalue weighted by Gasteiger charge is 2.18. The molecule has 0 amide bonds. The Morgan fingerprint density at radius 2 is 0.836 bits per heavy atom. The molecule has 4 heterocycles. The second-order valence-electron chi connectivity index (χ2n) is 14.0. The van der Waals surface area contributed by atoms with Crippen LogP contribution in [0.5, 0.6) is 0 Å². The van der Waals surface area contributed by atoms with Crippen molar-refractivity contribution in [3.63, 3.8) is 0 Å². The second-order valence-corrected chi connectivity index (χ2v) is 14.0. The zero-order chi connectivity index (χ0) is 36.3. The molecule has 0 spiro atoms. The summed E-state index contributed by atoms with van der Waals surface area (Å²) < 4.78 is 6.57. The summed E-state index contributed by atoms with van der Waals surface area (Å²) >= 11 is 0. The van der Waals surface area contributed by atoms with E-state index in [1.54, 1.807) is 0 Å². The molecule has 0 radical (unpaired) electrons. The Morgan fingerprint density at radius 1 is 0.345 bits per heavy atom. The minimum atomic E-state index is 0.857. The normalized spacial score (nSPS) is 11.6. The van der Waals surface area contributed by atoms with E-state index in [1.165, 1.54) is 11.1 Å². The summed E-state index contributed by atoms with van der Waals surface area (Å²) in [5, 5.41) is 5.24. The Kier molecular flexibility index (Phi) is 7.14. The predicted molar refractivity (Wildman–Crippen MR) is 227 cm³/mol. The number of furan rings is 1. The van der Waals surface area contributed by atoms with Gasteiger partial charge in [0, 0.05) is 38.2 Å². The van der Waals surface area contributed by atoms with Crippen LogP contribution in [-0.2, 0) is 0 Å². The van der Waals surface area contributed by atoms with Gasteiger partial charge in [-0.25, -0.2) is 15.0 Å². The number of aromatic nitrogens is 3. The molecule has 0 atom stereocenters. The van der Waals surface area contributed by atoms with E-state index in [9.17, 15) is 0 Å². The van der Waals surface area contributed by atoms with E-state index in [2.05, 4.69) is 152 Å². The average molecular weight is 702 g/mol. The summed E-state index contributed by atoms with van der Waals surface area (Å²) in [5.74, 6) is 0. The molecule has 11 aromatic rings. The third-order valence-electron chi connectivity index (χ3n) is 10.7. The van der Waals surface area contributed by atoms with E-state index < -0.39 is 0 Å². The van der Waals surface area contributed by atoms with Gasteiger partial charge >= 0.3 is 0 Å². The van der Waals surface area contributed by atoms with Crippen molar-refractivity contribution >= 4 is 54.6 Å². The predicted octanol–water partition coefficient (Wildman–Crippen LogP) is 13.6. The van der Waals surface area contributed by atoms with Crippen molar-refractivity contribution in [1.29, 1.82) is 0 Å². The van der Waals surface area contributed by atoms with Crippen molar-refractivity contribution < 1.29 is 4.42 Å². The maximum Gasteiger partial charge on any atom is 0.147 e. The van der Waals surface area contributed by atoms with Gasteiger partial charge in [-0.2, -0.15) is 0 Å². The van der Waals surface area contributed by atoms with Crippen molar-refractivity contribution in [1.82, 2.24) is 15.0 Å². The van der Waals surface area contributed by atoms with Gasteiger partial charge in [-0.1, -0.05) is 158 Å². The lowest BCUT2D eigenvalue weighted by Crippen LogP contribution is -1.91. The fraction of sp³-hybridized carbons (Fsp3) is 0. The van der Waals surface area contributed by atoms with E-state index in [0.717, 1.165) is 99.5 Å². The van der Waals surface area contributed by atoms with E-state index in [0.29, 0.717) is 0 Å². The van der Waals surface area contributed by atoms with Crippen LogP contribution in [0, 0.1) is 0 Å². The molecule has 7 aromatic carbocycles. The molecule has 0 saturated heterocycles. The van der Waals surface area contributed by atoms with Gasteiger partial charge in [-0.3, -0.25) is 0 Å². The third kappa shape index (κ3) is 5.34. The van der Waals surface area contributed by atoms with Gasteiger partial charge in [0.25, 0.3) is 0 Å². The lowest BCUT2D eigenvalue weighted by Gasteiger charge is -2.10. The van der Waals surface area contributed by atoms with Crippen molar-refractivity contribution in [2.75, 3.05) is 0 Å². The summed E-state index contributed by atoms with van der Waals surface area (Å²) in [6.07, 6.45) is 0. The number of nitrogens with zero attached hydrogens (tertiary/aromatic N) is 3. The lowest BCUT2D eigenvalue weighted by atomic mass is 9.97. The van der Waals surface area contributed by atoms with Crippen molar-refractivity contribution in [3.8, 4) is 56.0 Å². The number of para-hydroxylation sites is 1. The van der Waals surface area contributed by atoms with E-state index in [4.69, 9.17) is 19.4 Å². The molecule has 4 aromatic heterocycles. The summed E-state index contributed by atoms with van der Waals surface area (Å²) in [6, 6.07) is 65.5. The van der Waals surface area contributed by atoms with Crippen LogP contribution in [0.4, 0.5) is 0 Å². The van der Waals surface area contributed by atoms with Crippen LogP contribution in [0.25, 0.3) is 111 Å². The molecular weight excluding hydrogens is 671 g/mol. The topological polar surface area (TPSA) is 51.8 Å². The Balaban J connectivity index is 0.983. The van der Waals surface area contributed by atoms with Crippen LogP contribution in [0.1, 0.15) is 0 Å². The molecule has 256 valence electrons. The fourth-order valence-corrected chi connectivity index (χ4v) is 7.83. The molecule has 0 aliphatic heterocycles. The maximum atomic E-state index is 6.57. The highest BCUT2D eigenvalue weighted by Crippen LogP contribution is 2.41. The molecule has 0 aliphatic rings. The smallest absolute Gasteiger partial charge is 0.147 e. The van der Waals surface area contributed by atoms with Gasteiger partial charge in [0.2, 0.25) is 0 Å². The first-order valence-electron chi connectivity index (χ1n) is 18.5. The fourth-order valence-electron chi connectivity index (χ4n) is 7.83. The largest absolute Gasteiger partial charge is 0.455 e. The molecule has 4 nitrogen and oxygen atoms in total. The summed E-state index contributed by atoms with van der Waals surface area (Å²) in [5.41, 5.74) is 14.9. The first-order chi connectivity index (χ1) is 27.2. The number of benzene rings is 7. The number of pyridine rings is 3. The van der Waals surface area contributed by atoms with Crippen LogP contribution in [0.15, 0.2) is 192 Å². The van der Waals surface area contributed by atoms with Gasteiger partial charge in [0.05, 0.1) is 39.0 Å². The van der Waals surface area contributed by atoms with Gasteiger partial charge in [0.1, 0.15) is 11.2 Å². The van der Waals surface area contributed by atoms with Crippen molar-refractivity contribution in [3.05, 3.63) is 188 Å². The van der Waals surface area contributed by atoms with Gasteiger partial charge in [0.15, 0.2) is 0 Å². The van der Waals surface area contributed by atoms with Crippen LogP contribution in [-0.4, -0.2) is 15.0 Å². The molecule has 0 unspecified atom stereocenters. The number of rotatable bonds is 5. The molecule has 0 fully saturated rings. The van der Waals surface area contributed by atoms with Gasteiger partial charge < -0.3 is 4.42 Å². The third-order valence-corrected chi connectivity index (χ3v) is 10.7. The minimum Gasteiger partial charge on any atom is -0.455 e. The Morgan fingerprint density at radius 3 is 1.51 bits per heavy atom. The molecule has 55 heavy (non-hydrogen) atoms. The Bertz CT molecular complexity index is 3220. The molecule has 4 heteroatoms. The molecule has 11 rings (SSSR count). The first-order valence-corrected chi connectivity index (χ1v) is 18.5. The van der Waals surface area contributed by atoms with Crippen molar-refractivity contribution in [2.24, 2.45) is 0 Å². The summed E-state index contributed by atoms with van der Waals surface area (Å²) in [7, 11) is 0. The Labute approximate surface area is 317 Å². The van der Waals surface area contributed by atoms with Crippen LogP contribution >= 0.6 is 0 Å². The number of fused-ring (bicyclic) bond motifs is 8. The van der Waals surface area contributed by atoms with E-state index >= 15 is 0 Å². The molecule has 0 aliphatic carbocycles. The highest BCUT2D eigenvalue weighted by molar-refractivity contribution is 6.19. The average Bonchev–Trinajstić information content (AvgIpc) is 3.66. The molecule has 0 N–H and O–H groups in total. The van der Waals surface area contributed by atoms with Crippen LogP contribution in [0.3, 0.4) is 0 Å². The van der Waals surface area contributed by atoms with E-state index in [1.807, 2.05) is 36.4 Å². The number of hydrogen-bond donors (Lipinski definition) is 0. The van der Waals surface area contributed by atoms with Gasteiger partial charge in [-0.05, 0) is 52.6 Å². The standard InChI is InChI=1S/C51H31N3O/c1-3-9-32(10-4-1)33-17-21-37(22-18-33)48-47-42-13-7-8-14-46(42)55-51(47)41-28-25-40(31-45(41)54-48)34-15-19-36(20-16-34)44-30-27-39-24-23-38-26-29-43(35-11-5-2-6-12-35)52-49(38)50(39)53-44/h1-31H. The maximum absolute atomic E-state index is 6.57. The first kappa shape index (κ1) is 31.1. The van der Waals surface area contributed by atoms with E-state index in [-0.39, 0.29) is 0 Å². The van der Waals surface area contributed by atoms with Crippen LogP contribution < -0.4 is 0 Å². The number of hydrogen-bond acceptors (Lipinski definition) is 4. The second kappa shape index (κ2) is 12.6. The molecular formula is C51H31N3O. The zero-order valence-electron chi connectivity index (χ0n) is 29.6. The summed E-state index contributed by atoms with van der Waals surface area (Å²) in [6.45, 7) is 0. The minimum absolute atomic E-state index is 0.857. The Hall–Kier alpha value is -7.43. The zero-order valence-corrected chi connectivity index (χ0v) is 29.6. The van der Waals surface area contributed by atoms with Crippen molar-refractivity contribution in [2.45, 2.75) is 0 Å². The molecule has 0 saturated carbocycles.